The Morgan fingerprint density at radius 2 is 1.80 bits per heavy atom. The van der Waals surface area contributed by atoms with Crippen molar-refractivity contribution >= 4 is 16.8 Å². The minimum absolute atomic E-state index is 0.0516. The van der Waals surface area contributed by atoms with Gasteiger partial charge in [0.05, 0.1) is 6.54 Å². The van der Waals surface area contributed by atoms with Crippen LogP contribution in [0.5, 0.6) is 11.5 Å². The summed E-state index contributed by atoms with van der Waals surface area (Å²) in [6.45, 7) is 0.348. The quantitative estimate of drug-likeness (QED) is 0.672. The van der Waals surface area contributed by atoms with E-state index < -0.39 is 5.82 Å². The third-order valence-corrected chi connectivity index (χ3v) is 3.47. The lowest BCUT2D eigenvalue weighted by atomic mass is 10.2. The first kappa shape index (κ1) is 16.7. The van der Waals surface area contributed by atoms with Crippen molar-refractivity contribution in [1.29, 1.82) is 0 Å². The number of amides is 1. The van der Waals surface area contributed by atoms with Gasteiger partial charge in [0, 0.05) is 11.6 Å². The Hall–Kier alpha value is -3.15. The van der Waals surface area contributed by atoms with E-state index in [4.69, 9.17) is 9.47 Å². The van der Waals surface area contributed by atoms with Gasteiger partial charge in [-0.15, -0.1) is 0 Å². The zero-order valence-corrected chi connectivity index (χ0v) is 13.4. The van der Waals surface area contributed by atoms with Gasteiger partial charge in [-0.05, 0) is 24.3 Å². The molecule has 3 rings (SSSR count). The van der Waals surface area contributed by atoms with Crippen molar-refractivity contribution in [2.75, 3.05) is 19.8 Å². The molecule has 1 N–H and O–H groups in total. The molecule has 25 heavy (non-hydrogen) atoms. The Kier molecular flexibility index (Phi) is 5.41. The van der Waals surface area contributed by atoms with E-state index in [0.29, 0.717) is 18.9 Å². The first-order valence-electron chi connectivity index (χ1n) is 7.84. The molecule has 128 valence electrons. The Bertz CT molecular complexity index is 865. The van der Waals surface area contributed by atoms with Gasteiger partial charge in [0.15, 0.2) is 18.2 Å². The molecule has 3 aromatic rings. The predicted molar refractivity (Wildman–Crippen MR) is 92.1 cm³/mol. The van der Waals surface area contributed by atoms with E-state index in [1.54, 1.807) is 18.3 Å². The highest BCUT2D eigenvalue weighted by Gasteiger charge is 2.06. The molecule has 0 saturated heterocycles. The van der Waals surface area contributed by atoms with Crippen molar-refractivity contribution in [2.24, 2.45) is 0 Å². The molecule has 0 fully saturated rings. The molecule has 0 aliphatic rings. The number of pyridine rings is 1. The second kappa shape index (κ2) is 8.10. The molecule has 1 heterocycles. The molecular formula is C19H17FN2O3. The first-order valence-corrected chi connectivity index (χ1v) is 7.84. The number of hydrogen-bond acceptors (Lipinski definition) is 4. The Morgan fingerprint density at radius 3 is 2.68 bits per heavy atom. The van der Waals surface area contributed by atoms with Gasteiger partial charge in [-0.25, -0.2) is 4.39 Å². The van der Waals surface area contributed by atoms with Crippen LogP contribution in [0.4, 0.5) is 4.39 Å². The van der Waals surface area contributed by atoms with Gasteiger partial charge in [0.2, 0.25) is 0 Å². The molecule has 0 aliphatic carbocycles. The van der Waals surface area contributed by atoms with Gasteiger partial charge in [0.25, 0.3) is 5.91 Å². The normalized spacial score (nSPS) is 10.4. The average molecular weight is 340 g/mol. The van der Waals surface area contributed by atoms with Gasteiger partial charge in [-0.1, -0.05) is 30.3 Å². The number of fused-ring (bicyclic) bond motifs is 1. The highest BCUT2D eigenvalue weighted by atomic mass is 19.1. The van der Waals surface area contributed by atoms with Gasteiger partial charge in [-0.2, -0.15) is 0 Å². The highest BCUT2D eigenvalue weighted by Crippen LogP contribution is 2.22. The number of para-hydroxylation sites is 2. The Morgan fingerprint density at radius 1 is 1.00 bits per heavy atom. The number of aromatic nitrogens is 1. The lowest BCUT2D eigenvalue weighted by Gasteiger charge is -2.10. The van der Waals surface area contributed by atoms with Crippen molar-refractivity contribution < 1.29 is 18.7 Å². The summed E-state index contributed by atoms with van der Waals surface area (Å²) in [6, 6.07) is 15.4. The summed E-state index contributed by atoms with van der Waals surface area (Å²) in [4.78, 5) is 16.0. The largest absolute Gasteiger partial charge is 0.489 e. The number of nitrogens with one attached hydrogen (secondary N) is 1. The van der Waals surface area contributed by atoms with Crippen molar-refractivity contribution in [3.8, 4) is 11.5 Å². The molecule has 0 atom stereocenters. The van der Waals surface area contributed by atoms with E-state index in [1.165, 1.54) is 12.1 Å². The van der Waals surface area contributed by atoms with Crippen LogP contribution >= 0.6 is 0 Å². The fourth-order valence-electron chi connectivity index (χ4n) is 2.30. The summed E-state index contributed by atoms with van der Waals surface area (Å²) in [5.74, 6) is -0.129. The lowest BCUT2D eigenvalue weighted by molar-refractivity contribution is -0.123. The molecule has 5 nitrogen and oxygen atoms in total. The van der Waals surface area contributed by atoms with Crippen LogP contribution in [0, 0.1) is 5.82 Å². The number of hydrogen-bond donors (Lipinski definition) is 1. The minimum atomic E-state index is -0.498. The van der Waals surface area contributed by atoms with Crippen LogP contribution in [0.2, 0.25) is 0 Å². The van der Waals surface area contributed by atoms with Crippen LogP contribution in [0.1, 0.15) is 0 Å². The second-order valence-corrected chi connectivity index (χ2v) is 5.25. The van der Waals surface area contributed by atoms with E-state index in [0.717, 1.165) is 10.9 Å². The smallest absolute Gasteiger partial charge is 0.258 e. The first-order chi connectivity index (χ1) is 12.2. The SMILES string of the molecule is O=C(COc1ccccc1F)NCCOc1cccc2cccnc12. The molecule has 1 aromatic heterocycles. The number of carbonyl (C=O) groups is 1. The van der Waals surface area contributed by atoms with Crippen LogP contribution in [-0.2, 0) is 4.79 Å². The summed E-state index contributed by atoms with van der Waals surface area (Å²) >= 11 is 0. The molecule has 2 aromatic carbocycles. The summed E-state index contributed by atoms with van der Waals surface area (Å²) in [5, 5.41) is 3.65. The molecule has 0 radical (unpaired) electrons. The van der Waals surface area contributed by atoms with Crippen LogP contribution in [-0.4, -0.2) is 30.6 Å². The molecule has 0 bridgehead atoms. The Labute approximate surface area is 144 Å². The molecule has 0 spiro atoms. The fourth-order valence-corrected chi connectivity index (χ4v) is 2.30. The van der Waals surface area contributed by atoms with Crippen LogP contribution in [0.3, 0.4) is 0 Å². The molecule has 0 aliphatic heterocycles. The molecular weight excluding hydrogens is 323 g/mol. The van der Waals surface area contributed by atoms with Crippen molar-refractivity contribution in [3.63, 3.8) is 0 Å². The van der Waals surface area contributed by atoms with Gasteiger partial charge in [-0.3, -0.25) is 9.78 Å². The van der Waals surface area contributed by atoms with Crippen molar-refractivity contribution in [3.05, 3.63) is 66.6 Å². The monoisotopic (exact) mass is 340 g/mol. The maximum absolute atomic E-state index is 13.4. The second-order valence-electron chi connectivity index (χ2n) is 5.25. The number of rotatable bonds is 7. The maximum Gasteiger partial charge on any atom is 0.258 e. The number of ether oxygens (including phenoxy) is 2. The van der Waals surface area contributed by atoms with E-state index in [1.807, 2.05) is 30.3 Å². The molecule has 0 unspecified atom stereocenters. The van der Waals surface area contributed by atoms with Crippen LogP contribution in [0.25, 0.3) is 10.9 Å². The average Bonchev–Trinajstić information content (AvgIpc) is 2.64. The minimum Gasteiger partial charge on any atom is -0.489 e. The molecule has 6 heteroatoms. The third-order valence-electron chi connectivity index (χ3n) is 3.47. The zero-order valence-electron chi connectivity index (χ0n) is 13.4. The van der Waals surface area contributed by atoms with E-state index in [9.17, 15) is 9.18 Å². The Balaban J connectivity index is 1.43. The zero-order chi connectivity index (χ0) is 17.5. The van der Waals surface area contributed by atoms with Crippen LogP contribution < -0.4 is 14.8 Å². The highest BCUT2D eigenvalue weighted by molar-refractivity contribution is 5.84. The van der Waals surface area contributed by atoms with Gasteiger partial charge < -0.3 is 14.8 Å². The van der Waals surface area contributed by atoms with E-state index in [-0.39, 0.29) is 18.3 Å². The number of nitrogens with zero attached hydrogens (tertiary/aromatic N) is 1. The van der Waals surface area contributed by atoms with E-state index >= 15 is 0 Å². The summed E-state index contributed by atoms with van der Waals surface area (Å²) < 4.78 is 24.2. The molecule has 1 amide bonds. The lowest BCUT2D eigenvalue weighted by Crippen LogP contribution is -2.32. The fraction of sp³-hybridized carbons (Fsp3) is 0.158. The number of benzene rings is 2. The maximum atomic E-state index is 13.4. The summed E-state index contributed by atoms with van der Waals surface area (Å²) in [5.41, 5.74) is 0.777. The number of carbonyl (C=O) groups excluding carboxylic acids is 1. The van der Waals surface area contributed by atoms with Gasteiger partial charge in [0.1, 0.15) is 17.9 Å². The van der Waals surface area contributed by atoms with Crippen molar-refractivity contribution in [2.45, 2.75) is 0 Å². The van der Waals surface area contributed by atoms with E-state index in [2.05, 4.69) is 10.3 Å². The standard InChI is InChI=1S/C19H17FN2O3/c20-15-7-1-2-8-16(15)25-13-18(23)21-11-12-24-17-9-3-5-14-6-4-10-22-19(14)17/h1-10H,11-13H2,(H,21,23). The summed E-state index contributed by atoms with van der Waals surface area (Å²) in [6.07, 6.45) is 1.71. The third kappa shape index (κ3) is 4.44. The van der Waals surface area contributed by atoms with Crippen molar-refractivity contribution in [1.82, 2.24) is 10.3 Å². The molecule has 0 saturated carbocycles. The number of halogens is 1. The summed E-state index contributed by atoms with van der Waals surface area (Å²) in [7, 11) is 0. The van der Waals surface area contributed by atoms with Gasteiger partial charge >= 0.3 is 0 Å². The predicted octanol–water partition coefficient (Wildman–Crippen LogP) is 2.95. The van der Waals surface area contributed by atoms with Crippen LogP contribution in [0.15, 0.2) is 60.8 Å². The topological polar surface area (TPSA) is 60.5 Å².